The Balaban J connectivity index is 1.63. The molecule has 1 aliphatic rings. The van der Waals surface area contributed by atoms with Crippen molar-refractivity contribution >= 4 is 51.4 Å². The molecule has 0 bridgehead atoms. The van der Waals surface area contributed by atoms with E-state index in [-0.39, 0.29) is 12.1 Å². The van der Waals surface area contributed by atoms with Crippen LogP contribution in [0.1, 0.15) is 6.42 Å². The largest absolute Gasteiger partial charge is 0.368 e. The monoisotopic (exact) mass is 411 g/mol. The summed E-state index contributed by atoms with van der Waals surface area (Å²) in [6.07, 6.45) is 1.64. The molecule has 1 aliphatic heterocycles. The van der Waals surface area contributed by atoms with E-state index in [1.807, 2.05) is 0 Å². The van der Waals surface area contributed by atoms with Crippen molar-refractivity contribution in [3.05, 3.63) is 65.6 Å². The number of rotatable bonds is 4. The number of benzene rings is 2. The molecule has 0 aliphatic carbocycles. The highest BCUT2D eigenvalue weighted by Crippen LogP contribution is 2.29. The first kappa shape index (κ1) is 18.8. The molecule has 1 aromatic heterocycles. The Bertz CT molecular complexity index is 1150. The first-order valence-corrected chi connectivity index (χ1v) is 9.08. The number of nitrogens with two attached hydrogens (primary N) is 1. The molecule has 0 saturated carbocycles. The number of nitrogens with zero attached hydrogens (tertiary/aromatic N) is 3. The van der Waals surface area contributed by atoms with E-state index in [0.29, 0.717) is 27.3 Å². The third kappa shape index (κ3) is 3.62. The minimum Gasteiger partial charge on any atom is -0.368 e. The average Bonchev–Trinajstić information content (AvgIpc) is 3.17. The fourth-order valence-corrected chi connectivity index (χ4v) is 3.36. The highest BCUT2D eigenvalue weighted by Gasteiger charge is 2.35. The summed E-state index contributed by atoms with van der Waals surface area (Å²) in [4.78, 5) is 28.9. The maximum Gasteiger partial charge on any atom is 0.271 e. The molecule has 2 heterocycles. The van der Waals surface area contributed by atoms with Crippen molar-refractivity contribution in [3.8, 4) is 0 Å². The number of hydrazone groups is 1. The number of aromatic nitrogens is 1. The van der Waals surface area contributed by atoms with E-state index >= 15 is 0 Å². The molecular formula is C20H15ClFN5O2. The standard InChI is InChI=1S/C20H15ClFN5O2/c21-14-7-8-15(13-2-1-9-24-18(13)14)25-20(29)16-10-17(19(23)28)27(26-16)12-5-3-11(22)4-6-12/h1-9,17H,10H2,(H2,23,28)(H,25,29)/t17-/m0/s1. The number of nitrogens with one attached hydrogen (secondary N) is 1. The molecule has 9 heteroatoms. The topological polar surface area (TPSA) is 101 Å². The van der Waals surface area contributed by atoms with Crippen LogP contribution in [0, 0.1) is 5.82 Å². The van der Waals surface area contributed by atoms with Crippen molar-refractivity contribution < 1.29 is 14.0 Å². The van der Waals surface area contributed by atoms with Gasteiger partial charge in [-0.05, 0) is 48.5 Å². The predicted molar refractivity (Wildman–Crippen MR) is 109 cm³/mol. The van der Waals surface area contributed by atoms with Crippen molar-refractivity contribution in [3.63, 3.8) is 0 Å². The van der Waals surface area contributed by atoms with Crippen LogP contribution in [0.15, 0.2) is 59.8 Å². The Hall–Kier alpha value is -3.52. The van der Waals surface area contributed by atoms with Crippen LogP contribution in [-0.4, -0.2) is 28.6 Å². The van der Waals surface area contributed by atoms with E-state index in [0.717, 1.165) is 0 Å². The third-order valence-corrected chi connectivity index (χ3v) is 4.87. The van der Waals surface area contributed by atoms with Crippen molar-refractivity contribution in [1.82, 2.24) is 4.98 Å². The molecule has 0 unspecified atom stereocenters. The smallest absolute Gasteiger partial charge is 0.271 e. The molecule has 146 valence electrons. The molecule has 0 fully saturated rings. The Morgan fingerprint density at radius 3 is 2.66 bits per heavy atom. The Morgan fingerprint density at radius 1 is 1.17 bits per heavy atom. The summed E-state index contributed by atoms with van der Waals surface area (Å²) in [6.45, 7) is 0. The van der Waals surface area contributed by atoms with Gasteiger partial charge in [0.25, 0.3) is 5.91 Å². The Morgan fingerprint density at radius 2 is 1.93 bits per heavy atom. The van der Waals surface area contributed by atoms with Gasteiger partial charge < -0.3 is 11.1 Å². The number of amides is 2. The molecule has 4 rings (SSSR count). The number of carbonyl (C=O) groups is 2. The Kier molecular flexibility index (Phi) is 4.85. The zero-order valence-electron chi connectivity index (χ0n) is 15.0. The van der Waals surface area contributed by atoms with Gasteiger partial charge in [-0.3, -0.25) is 19.6 Å². The molecule has 3 aromatic rings. The lowest BCUT2D eigenvalue weighted by molar-refractivity contribution is -0.119. The van der Waals surface area contributed by atoms with Gasteiger partial charge in [0, 0.05) is 18.0 Å². The fourth-order valence-electron chi connectivity index (χ4n) is 3.14. The van der Waals surface area contributed by atoms with Gasteiger partial charge in [-0.1, -0.05) is 11.6 Å². The summed E-state index contributed by atoms with van der Waals surface area (Å²) in [5.41, 5.74) is 7.14. The molecule has 29 heavy (non-hydrogen) atoms. The van der Waals surface area contributed by atoms with Crippen LogP contribution in [0.3, 0.4) is 0 Å². The predicted octanol–water partition coefficient (Wildman–Crippen LogP) is 3.09. The van der Waals surface area contributed by atoms with E-state index in [1.54, 1.807) is 30.5 Å². The molecule has 2 amide bonds. The highest BCUT2D eigenvalue weighted by atomic mass is 35.5. The van der Waals surface area contributed by atoms with Gasteiger partial charge in [0.2, 0.25) is 5.91 Å². The van der Waals surface area contributed by atoms with E-state index in [4.69, 9.17) is 17.3 Å². The second kappa shape index (κ2) is 7.48. The van der Waals surface area contributed by atoms with Gasteiger partial charge in [0.15, 0.2) is 0 Å². The molecule has 0 radical (unpaired) electrons. The number of hydrogen-bond acceptors (Lipinski definition) is 5. The number of hydrogen-bond donors (Lipinski definition) is 2. The quantitative estimate of drug-likeness (QED) is 0.688. The molecule has 7 nitrogen and oxygen atoms in total. The van der Waals surface area contributed by atoms with Gasteiger partial charge in [0.05, 0.1) is 21.9 Å². The number of fused-ring (bicyclic) bond motifs is 1. The van der Waals surface area contributed by atoms with Crippen LogP contribution in [0.2, 0.25) is 5.02 Å². The number of carbonyl (C=O) groups excluding carboxylic acids is 2. The van der Waals surface area contributed by atoms with Crippen LogP contribution in [0.4, 0.5) is 15.8 Å². The van der Waals surface area contributed by atoms with Crippen LogP contribution in [0.25, 0.3) is 10.9 Å². The summed E-state index contributed by atoms with van der Waals surface area (Å²) < 4.78 is 13.2. The van der Waals surface area contributed by atoms with Crippen molar-refractivity contribution in [2.24, 2.45) is 10.8 Å². The summed E-state index contributed by atoms with van der Waals surface area (Å²) in [5.74, 6) is -1.54. The summed E-state index contributed by atoms with van der Waals surface area (Å²) in [6, 6.07) is 11.4. The zero-order chi connectivity index (χ0) is 20.5. The maximum atomic E-state index is 13.2. The number of anilines is 2. The first-order valence-electron chi connectivity index (χ1n) is 8.70. The summed E-state index contributed by atoms with van der Waals surface area (Å²) >= 11 is 6.16. The van der Waals surface area contributed by atoms with E-state index < -0.39 is 23.7 Å². The Labute approximate surface area is 170 Å². The molecule has 1 atom stereocenters. The SMILES string of the molecule is NC(=O)[C@@H]1CC(C(=O)Nc2ccc(Cl)c3ncccc23)=NN1c1ccc(F)cc1. The second-order valence-electron chi connectivity index (χ2n) is 6.44. The van der Waals surface area contributed by atoms with Gasteiger partial charge in [-0.15, -0.1) is 0 Å². The molecule has 0 spiro atoms. The van der Waals surface area contributed by atoms with Crippen LogP contribution in [-0.2, 0) is 9.59 Å². The zero-order valence-corrected chi connectivity index (χ0v) is 15.7. The van der Waals surface area contributed by atoms with Crippen LogP contribution in [0.5, 0.6) is 0 Å². The number of primary amides is 1. The van der Waals surface area contributed by atoms with Crippen LogP contribution < -0.4 is 16.1 Å². The molecule has 3 N–H and O–H groups in total. The lowest BCUT2D eigenvalue weighted by Crippen LogP contribution is -2.39. The van der Waals surface area contributed by atoms with E-state index in [9.17, 15) is 14.0 Å². The minimum absolute atomic E-state index is 0.0301. The van der Waals surface area contributed by atoms with Crippen LogP contribution >= 0.6 is 11.6 Å². The first-order chi connectivity index (χ1) is 13.9. The third-order valence-electron chi connectivity index (χ3n) is 4.56. The average molecular weight is 412 g/mol. The summed E-state index contributed by atoms with van der Waals surface area (Å²) in [7, 11) is 0. The van der Waals surface area contributed by atoms with Crippen molar-refractivity contribution in [1.29, 1.82) is 0 Å². The molecule has 0 saturated heterocycles. The van der Waals surface area contributed by atoms with Crippen molar-refractivity contribution in [2.45, 2.75) is 12.5 Å². The van der Waals surface area contributed by atoms with Gasteiger partial charge >= 0.3 is 0 Å². The fraction of sp³-hybridized carbons (Fsp3) is 0.100. The van der Waals surface area contributed by atoms with Gasteiger partial charge in [0.1, 0.15) is 17.6 Å². The summed E-state index contributed by atoms with van der Waals surface area (Å²) in [5, 5.41) is 9.52. The normalized spacial score (nSPS) is 16.0. The van der Waals surface area contributed by atoms with E-state index in [2.05, 4.69) is 15.4 Å². The highest BCUT2D eigenvalue weighted by molar-refractivity contribution is 6.45. The van der Waals surface area contributed by atoms with Crippen molar-refractivity contribution in [2.75, 3.05) is 10.3 Å². The van der Waals surface area contributed by atoms with Gasteiger partial charge in [-0.25, -0.2) is 4.39 Å². The lowest BCUT2D eigenvalue weighted by Gasteiger charge is -2.20. The maximum absolute atomic E-state index is 13.2. The molecular weight excluding hydrogens is 397 g/mol. The van der Waals surface area contributed by atoms with Gasteiger partial charge in [-0.2, -0.15) is 5.10 Å². The minimum atomic E-state index is -0.843. The van der Waals surface area contributed by atoms with E-state index in [1.165, 1.54) is 29.3 Å². The number of pyridine rings is 1. The second-order valence-corrected chi connectivity index (χ2v) is 6.85. The lowest BCUT2D eigenvalue weighted by atomic mass is 10.1. The number of halogens is 2. The molecule has 2 aromatic carbocycles.